The van der Waals surface area contributed by atoms with Crippen LogP contribution >= 0.6 is 22.7 Å². The highest BCUT2D eigenvalue weighted by molar-refractivity contribution is 7.18. The molecule has 120 valence electrons. The van der Waals surface area contributed by atoms with Gasteiger partial charge in [-0.15, -0.1) is 22.7 Å². The van der Waals surface area contributed by atoms with Crippen molar-refractivity contribution in [3.05, 3.63) is 51.2 Å². The van der Waals surface area contributed by atoms with Crippen molar-refractivity contribution in [2.75, 3.05) is 13.2 Å². The van der Waals surface area contributed by atoms with Crippen molar-refractivity contribution < 1.29 is 14.6 Å². The Morgan fingerprint density at radius 1 is 1.35 bits per heavy atom. The zero-order valence-corrected chi connectivity index (χ0v) is 14.0. The molecule has 2 N–H and O–H groups in total. The molecule has 2 heterocycles. The maximum atomic E-state index is 12.2. The van der Waals surface area contributed by atoms with Gasteiger partial charge in [0.25, 0.3) is 5.91 Å². The highest BCUT2D eigenvalue weighted by atomic mass is 32.1. The normalized spacial score (nSPS) is 11.0. The van der Waals surface area contributed by atoms with Gasteiger partial charge in [-0.25, -0.2) is 4.98 Å². The molecule has 0 spiro atoms. The first-order valence-electron chi connectivity index (χ1n) is 7.15. The van der Waals surface area contributed by atoms with Crippen LogP contribution in [0.3, 0.4) is 0 Å². The lowest BCUT2D eigenvalue weighted by atomic mass is 10.2. The molecular formula is C16H16N2O3S2. The second kappa shape index (κ2) is 7.65. The predicted octanol–water partition coefficient (Wildman–Crippen LogP) is 2.80. The van der Waals surface area contributed by atoms with Crippen molar-refractivity contribution in [3.8, 4) is 0 Å². The van der Waals surface area contributed by atoms with Gasteiger partial charge < -0.3 is 15.2 Å². The summed E-state index contributed by atoms with van der Waals surface area (Å²) in [5, 5.41) is 14.5. The maximum absolute atomic E-state index is 12.2. The fourth-order valence-electron chi connectivity index (χ4n) is 2.08. The second-order valence-corrected chi connectivity index (χ2v) is 6.98. The number of thiophene rings is 1. The molecule has 0 bridgehead atoms. The van der Waals surface area contributed by atoms with Gasteiger partial charge >= 0.3 is 0 Å². The van der Waals surface area contributed by atoms with Gasteiger partial charge in [-0.2, -0.15) is 0 Å². The van der Waals surface area contributed by atoms with Crippen molar-refractivity contribution in [2.45, 2.75) is 13.2 Å². The maximum Gasteiger partial charge on any atom is 0.251 e. The molecule has 0 atom stereocenters. The Morgan fingerprint density at radius 2 is 2.26 bits per heavy atom. The number of nitrogens with one attached hydrogen (secondary N) is 1. The Hall–Kier alpha value is -1.80. The van der Waals surface area contributed by atoms with Gasteiger partial charge in [0.2, 0.25) is 0 Å². The Kier molecular flexibility index (Phi) is 5.35. The van der Waals surface area contributed by atoms with Crippen molar-refractivity contribution >= 4 is 38.8 Å². The number of fused-ring (bicyclic) bond motifs is 1. The third kappa shape index (κ3) is 4.14. The largest absolute Gasteiger partial charge is 0.394 e. The zero-order chi connectivity index (χ0) is 16.1. The number of amides is 1. The monoisotopic (exact) mass is 348 g/mol. The summed E-state index contributed by atoms with van der Waals surface area (Å²) in [7, 11) is 0. The van der Waals surface area contributed by atoms with E-state index in [9.17, 15) is 4.79 Å². The highest BCUT2D eigenvalue weighted by Crippen LogP contribution is 2.23. The first-order valence-corrected chi connectivity index (χ1v) is 8.84. The van der Waals surface area contributed by atoms with E-state index in [0.717, 1.165) is 20.1 Å². The van der Waals surface area contributed by atoms with Gasteiger partial charge in [-0.3, -0.25) is 4.79 Å². The lowest BCUT2D eigenvalue weighted by Gasteiger charge is -2.03. The minimum atomic E-state index is -0.105. The molecule has 0 unspecified atom stereocenters. The summed E-state index contributed by atoms with van der Waals surface area (Å²) in [6, 6.07) is 9.47. The first-order chi connectivity index (χ1) is 11.3. The van der Waals surface area contributed by atoms with E-state index in [2.05, 4.69) is 10.3 Å². The number of aliphatic hydroxyl groups is 1. The van der Waals surface area contributed by atoms with Gasteiger partial charge in [-0.05, 0) is 29.6 Å². The Balaban J connectivity index is 1.67. The molecule has 23 heavy (non-hydrogen) atoms. The van der Waals surface area contributed by atoms with Crippen LogP contribution in [-0.4, -0.2) is 29.2 Å². The summed E-state index contributed by atoms with van der Waals surface area (Å²) >= 11 is 3.15. The minimum absolute atomic E-state index is 0.000541. The summed E-state index contributed by atoms with van der Waals surface area (Å²) in [6.07, 6.45) is 0. The van der Waals surface area contributed by atoms with Gasteiger partial charge in [-0.1, -0.05) is 6.07 Å². The van der Waals surface area contributed by atoms with Crippen LogP contribution in [0.5, 0.6) is 0 Å². The summed E-state index contributed by atoms with van der Waals surface area (Å²) in [4.78, 5) is 17.8. The third-order valence-corrected chi connectivity index (χ3v) is 5.04. The molecule has 7 heteroatoms. The molecule has 1 aromatic carbocycles. The topological polar surface area (TPSA) is 71.5 Å². The van der Waals surface area contributed by atoms with E-state index >= 15 is 0 Å². The van der Waals surface area contributed by atoms with E-state index in [1.807, 2.05) is 29.6 Å². The molecule has 0 fully saturated rings. The average Bonchev–Trinajstić information content (AvgIpc) is 3.21. The number of hydrogen-bond donors (Lipinski definition) is 2. The molecule has 0 aliphatic heterocycles. The van der Waals surface area contributed by atoms with Gasteiger partial charge in [0.05, 0.1) is 36.6 Å². The standard InChI is InChI=1S/C16H16N2O3S2/c19-5-6-21-10-15-18-13-8-11(3-4-14(13)23-15)16(20)17-9-12-2-1-7-22-12/h1-4,7-8,19H,5-6,9-10H2,(H,17,20). The average molecular weight is 348 g/mol. The molecule has 1 amide bonds. The Labute approximate surface area is 141 Å². The SMILES string of the molecule is O=C(NCc1cccs1)c1ccc2sc(COCCO)nc2c1. The molecule has 5 nitrogen and oxygen atoms in total. The molecule has 0 saturated heterocycles. The van der Waals surface area contributed by atoms with E-state index < -0.39 is 0 Å². The molecule has 0 aliphatic carbocycles. The van der Waals surface area contributed by atoms with E-state index in [1.54, 1.807) is 17.4 Å². The lowest BCUT2D eigenvalue weighted by molar-refractivity contribution is 0.0815. The van der Waals surface area contributed by atoms with Crippen molar-refractivity contribution in [1.82, 2.24) is 10.3 Å². The number of hydrogen-bond acceptors (Lipinski definition) is 6. The van der Waals surface area contributed by atoms with E-state index in [0.29, 0.717) is 25.3 Å². The van der Waals surface area contributed by atoms with Gasteiger partial charge in [0, 0.05) is 10.4 Å². The van der Waals surface area contributed by atoms with E-state index in [4.69, 9.17) is 9.84 Å². The smallest absolute Gasteiger partial charge is 0.251 e. The van der Waals surface area contributed by atoms with Gasteiger partial charge in [0.15, 0.2) is 0 Å². The molecule has 3 aromatic rings. The van der Waals surface area contributed by atoms with Crippen LogP contribution in [-0.2, 0) is 17.9 Å². The van der Waals surface area contributed by atoms with Crippen LogP contribution in [0.1, 0.15) is 20.2 Å². The van der Waals surface area contributed by atoms with Crippen LogP contribution in [0.25, 0.3) is 10.2 Å². The lowest BCUT2D eigenvalue weighted by Crippen LogP contribution is -2.22. The van der Waals surface area contributed by atoms with Crippen LogP contribution in [0, 0.1) is 0 Å². The third-order valence-electron chi connectivity index (χ3n) is 3.16. The number of aromatic nitrogens is 1. The highest BCUT2D eigenvalue weighted by Gasteiger charge is 2.10. The number of rotatable bonds is 7. The Morgan fingerprint density at radius 3 is 3.04 bits per heavy atom. The number of benzene rings is 1. The summed E-state index contributed by atoms with van der Waals surface area (Å²) < 4.78 is 6.29. The molecule has 0 radical (unpaired) electrons. The van der Waals surface area contributed by atoms with Crippen molar-refractivity contribution in [3.63, 3.8) is 0 Å². The van der Waals surface area contributed by atoms with Crippen LogP contribution < -0.4 is 5.32 Å². The number of nitrogens with zero attached hydrogens (tertiary/aromatic N) is 1. The fourth-order valence-corrected chi connectivity index (χ4v) is 3.61. The molecule has 2 aromatic heterocycles. The second-order valence-electron chi connectivity index (χ2n) is 4.83. The molecule has 0 saturated carbocycles. The van der Waals surface area contributed by atoms with Crippen molar-refractivity contribution in [2.24, 2.45) is 0 Å². The zero-order valence-electron chi connectivity index (χ0n) is 12.3. The first kappa shape index (κ1) is 16.1. The number of thiazole rings is 1. The van der Waals surface area contributed by atoms with Gasteiger partial charge in [0.1, 0.15) is 5.01 Å². The quantitative estimate of drug-likeness (QED) is 0.644. The van der Waals surface area contributed by atoms with Crippen molar-refractivity contribution in [1.29, 1.82) is 0 Å². The number of carbonyl (C=O) groups excluding carboxylic acids is 1. The summed E-state index contributed by atoms with van der Waals surface area (Å²) in [6.45, 7) is 1.21. The Bertz CT molecular complexity index is 784. The number of carbonyl (C=O) groups is 1. The van der Waals surface area contributed by atoms with Crippen LogP contribution in [0.15, 0.2) is 35.7 Å². The summed E-state index contributed by atoms with van der Waals surface area (Å²) in [5.41, 5.74) is 1.39. The summed E-state index contributed by atoms with van der Waals surface area (Å²) in [5.74, 6) is -0.105. The number of aliphatic hydroxyl groups excluding tert-OH is 1. The van der Waals surface area contributed by atoms with E-state index in [-0.39, 0.29) is 12.5 Å². The van der Waals surface area contributed by atoms with Crippen LogP contribution in [0.2, 0.25) is 0 Å². The molecule has 3 rings (SSSR count). The van der Waals surface area contributed by atoms with Crippen LogP contribution in [0.4, 0.5) is 0 Å². The molecular weight excluding hydrogens is 332 g/mol. The number of ether oxygens (including phenoxy) is 1. The fraction of sp³-hybridized carbons (Fsp3) is 0.250. The minimum Gasteiger partial charge on any atom is -0.394 e. The van der Waals surface area contributed by atoms with E-state index in [1.165, 1.54) is 11.3 Å². The predicted molar refractivity (Wildman–Crippen MR) is 91.9 cm³/mol. The molecule has 0 aliphatic rings.